The first-order chi connectivity index (χ1) is 11.9. The van der Waals surface area contributed by atoms with Crippen molar-refractivity contribution in [2.45, 2.75) is 12.5 Å². The number of urea groups is 1. The Morgan fingerprint density at radius 1 is 1.16 bits per heavy atom. The molecule has 3 rings (SSSR count). The summed E-state index contributed by atoms with van der Waals surface area (Å²) < 4.78 is 27.3. The molecule has 0 aromatic heterocycles. The highest BCUT2D eigenvalue weighted by Gasteiger charge is 2.33. The number of rotatable bonds is 3. The van der Waals surface area contributed by atoms with Gasteiger partial charge < -0.3 is 15.5 Å². The molecule has 0 spiro atoms. The molecule has 0 saturated carbocycles. The van der Waals surface area contributed by atoms with Crippen LogP contribution in [0.4, 0.5) is 25.0 Å². The van der Waals surface area contributed by atoms with Crippen LogP contribution in [0.1, 0.15) is 6.42 Å². The van der Waals surface area contributed by atoms with Crippen molar-refractivity contribution in [2.75, 3.05) is 16.8 Å². The second-order valence-electron chi connectivity index (χ2n) is 5.53. The van der Waals surface area contributed by atoms with E-state index in [9.17, 15) is 18.4 Å². The van der Waals surface area contributed by atoms with E-state index in [1.165, 1.54) is 41.3 Å². The molecule has 0 radical (unpaired) electrons. The van der Waals surface area contributed by atoms with E-state index < -0.39 is 17.9 Å². The maximum atomic E-state index is 13.7. The molecular weight excluding hydrogens is 396 g/mol. The molecule has 2 aromatic carbocycles. The predicted octanol–water partition coefficient (Wildman–Crippen LogP) is 3.65. The van der Waals surface area contributed by atoms with Crippen LogP contribution in [0.5, 0.6) is 0 Å². The fourth-order valence-corrected chi connectivity index (χ4v) is 2.93. The van der Waals surface area contributed by atoms with E-state index in [1.54, 1.807) is 6.07 Å². The number of halogens is 3. The molecule has 2 aromatic rings. The lowest BCUT2D eigenvalue weighted by molar-refractivity contribution is -0.118. The van der Waals surface area contributed by atoms with Crippen LogP contribution in [0.25, 0.3) is 0 Å². The van der Waals surface area contributed by atoms with Crippen molar-refractivity contribution in [3.63, 3.8) is 0 Å². The normalized spacial score (nSPS) is 16.8. The van der Waals surface area contributed by atoms with Gasteiger partial charge in [-0.25, -0.2) is 13.6 Å². The largest absolute Gasteiger partial charge is 0.326 e. The molecule has 8 heteroatoms. The molecule has 3 amide bonds. The molecule has 1 saturated heterocycles. The van der Waals surface area contributed by atoms with Gasteiger partial charge >= 0.3 is 6.03 Å². The number of amides is 3. The van der Waals surface area contributed by atoms with Gasteiger partial charge in [-0.1, -0.05) is 15.9 Å². The average molecular weight is 410 g/mol. The molecule has 1 atom stereocenters. The summed E-state index contributed by atoms with van der Waals surface area (Å²) in [5.41, 5.74) is 0.580. The van der Waals surface area contributed by atoms with Gasteiger partial charge in [0, 0.05) is 16.7 Å². The Morgan fingerprint density at radius 2 is 1.88 bits per heavy atom. The Balaban J connectivity index is 1.62. The zero-order valence-electron chi connectivity index (χ0n) is 12.9. The monoisotopic (exact) mass is 409 g/mol. The quantitative estimate of drug-likeness (QED) is 0.812. The van der Waals surface area contributed by atoms with Crippen LogP contribution in [0, 0.1) is 11.6 Å². The summed E-state index contributed by atoms with van der Waals surface area (Å²) in [6, 6.07) is 8.41. The maximum Gasteiger partial charge on any atom is 0.319 e. The van der Waals surface area contributed by atoms with Crippen LogP contribution in [0.3, 0.4) is 0 Å². The summed E-state index contributed by atoms with van der Waals surface area (Å²) in [4.78, 5) is 25.9. The van der Waals surface area contributed by atoms with Gasteiger partial charge in [0.2, 0.25) is 5.91 Å². The lowest BCUT2D eigenvalue weighted by Gasteiger charge is -2.17. The Kier molecular flexibility index (Phi) is 4.98. The first-order valence-electron chi connectivity index (χ1n) is 7.53. The minimum absolute atomic E-state index is 0.0153. The van der Waals surface area contributed by atoms with Gasteiger partial charge in [0.05, 0.1) is 5.69 Å². The first kappa shape index (κ1) is 17.3. The zero-order valence-corrected chi connectivity index (χ0v) is 14.5. The van der Waals surface area contributed by atoms with Crippen molar-refractivity contribution in [3.05, 3.63) is 58.6 Å². The van der Waals surface area contributed by atoms with E-state index in [4.69, 9.17) is 0 Å². The topological polar surface area (TPSA) is 61.4 Å². The fraction of sp³-hybridized carbons (Fsp3) is 0.176. The second-order valence-corrected chi connectivity index (χ2v) is 6.45. The van der Waals surface area contributed by atoms with E-state index in [2.05, 4.69) is 26.6 Å². The predicted molar refractivity (Wildman–Crippen MR) is 93.4 cm³/mol. The van der Waals surface area contributed by atoms with Crippen LogP contribution in [0.2, 0.25) is 0 Å². The van der Waals surface area contributed by atoms with Crippen molar-refractivity contribution in [3.8, 4) is 0 Å². The van der Waals surface area contributed by atoms with E-state index in [1.807, 2.05) is 0 Å². The number of anilines is 2. The molecule has 1 aliphatic rings. The van der Waals surface area contributed by atoms with Crippen LogP contribution in [-0.2, 0) is 4.79 Å². The highest BCUT2D eigenvalue weighted by atomic mass is 79.9. The number of carbonyl (C=O) groups is 2. The molecule has 25 heavy (non-hydrogen) atoms. The van der Waals surface area contributed by atoms with Crippen LogP contribution in [-0.4, -0.2) is 24.5 Å². The lowest BCUT2D eigenvalue weighted by Crippen LogP contribution is -2.43. The Bertz CT molecular complexity index is 814. The molecule has 5 nitrogen and oxygen atoms in total. The van der Waals surface area contributed by atoms with Crippen LogP contribution in [0.15, 0.2) is 46.9 Å². The molecular formula is C17H14BrF2N3O2. The molecule has 0 aliphatic carbocycles. The molecule has 1 fully saturated rings. The van der Waals surface area contributed by atoms with Gasteiger partial charge in [-0.2, -0.15) is 0 Å². The van der Waals surface area contributed by atoms with E-state index in [-0.39, 0.29) is 17.4 Å². The molecule has 1 aliphatic heterocycles. The lowest BCUT2D eigenvalue weighted by atomic mass is 10.2. The Morgan fingerprint density at radius 3 is 2.56 bits per heavy atom. The van der Waals surface area contributed by atoms with Crippen LogP contribution < -0.4 is 15.5 Å². The second kappa shape index (κ2) is 7.18. The fourth-order valence-electron chi connectivity index (χ4n) is 2.60. The summed E-state index contributed by atoms with van der Waals surface area (Å²) in [7, 11) is 0. The highest BCUT2D eigenvalue weighted by molar-refractivity contribution is 9.10. The summed E-state index contributed by atoms with van der Waals surface area (Å²) in [6.45, 7) is 0.405. The van der Waals surface area contributed by atoms with Crippen molar-refractivity contribution >= 4 is 39.2 Å². The van der Waals surface area contributed by atoms with Gasteiger partial charge in [-0.3, -0.25) is 4.79 Å². The van der Waals surface area contributed by atoms with Crippen molar-refractivity contribution < 1.29 is 18.4 Å². The van der Waals surface area contributed by atoms with Crippen molar-refractivity contribution in [2.24, 2.45) is 0 Å². The van der Waals surface area contributed by atoms with E-state index in [0.717, 1.165) is 0 Å². The smallest absolute Gasteiger partial charge is 0.319 e. The molecule has 0 bridgehead atoms. The third-order valence-electron chi connectivity index (χ3n) is 3.83. The van der Waals surface area contributed by atoms with Crippen LogP contribution >= 0.6 is 15.9 Å². The first-order valence-corrected chi connectivity index (χ1v) is 8.33. The van der Waals surface area contributed by atoms with Gasteiger partial charge in [0.1, 0.15) is 17.7 Å². The zero-order chi connectivity index (χ0) is 18.0. The minimum Gasteiger partial charge on any atom is -0.326 e. The van der Waals surface area contributed by atoms with Crippen molar-refractivity contribution in [1.29, 1.82) is 0 Å². The Hall–Kier alpha value is -2.48. The third-order valence-corrected chi connectivity index (χ3v) is 4.32. The number of hydrogen-bond acceptors (Lipinski definition) is 2. The molecule has 1 heterocycles. The number of carbonyl (C=O) groups excluding carboxylic acids is 2. The third kappa shape index (κ3) is 3.96. The summed E-state index contributed by atoms with van der Waals surface area (Å²) in [6.07, 6.45) is 0.409. The number of hydrogen-bond donors (Lipinski definition) is 2. The summed E-state index contributed by atoms with van der Waals surface area (Å²) >= 11 is 3.13. The SMILES string of the molecule is O=C(Nc1ccc(Br)cc1F)NC1CCN(c2ccc(F)cc2)C1=O. The maximum absolute atomic E-state index is 13.7. The van der Waals surface area contributed by atoms with E-state index >= 15 is 0 Å². The number of nitrogens with one attached hydrogen (secondary N) is 2. The highest BCUT2D eigenvalue weighted by Crippen LogP contribution is 2.22. The average Bonchev–Trinajstić information content (AvgIpc) is 2.92. The summed E-state index contributed by atoms with van der Waals surface area (Å²) in [5.74, 6) is -1.27. The van der Waals surface area contributed by atoms with Gasteiger partial charge in [0.15, 0.2) is 0 Å². The minimum atomic E-state index is -0.719. The summed E-state index contributed by atoms with van der Waals surface area (Å²) in [5, 5.41) is 4.92. The van der Waals surface area contributed by atoms with Gasteiger partial charge in [-0.15, -0.1) is 0 Å². The Labute approximate surface area is 151 Å². The van der Waals surface area contributed by atoms with Gasteiger partial charge in [0.25, 0.3) is 0 Å². The standard InChI is InChI=1S/C17H14BrF2N3O2/c18-10-1-6-14(13(20)9-10)21-17(25)22-15-7-8-23(16(15)24)12-4-2-11(19)3-5-12/h1-6,9,15H,7-8H2,(H2,21,22,25). The van der Waals surface area contributed by atoms with Crippen molar-refractivity contribution in [1.82, 2.24) is 5.32 Å². The molecule has 2 N–H and O–H groups in total. The number of nitrogens with zero attached hydrogens (tertiary/aromatic N) is 1. The van der Waals surface area contributed by atoms with Gasteiger partial charge in [-0.05, 0) is 48.9 Å². The van der Waals surface area contributed by atoms with E-state index in [0.29, 0.717) is 23.1 Å². The number of benzene rings is 2. The molecule has 130 valence electrons. The molecule has 1 unspecified atom stereocenters.